The van der Waals surface area contributed by atoms with Gasteiger partial charge in [0.1, 0.15) is 17.6 Å². The molecule has 0 N–H and O–H groups in total. The Bertz CT molecular complexity index is 1200. The van der Waals surface area contributed by atoms with Crippen LogP contribution in [0, 0.1) is 0 Å². The summed E-state index contributed by atoms with van der Waals surface area (Å²) in [6, 6.07) is 17.5. The second kappa shape index (κ2) is 8.47. The van der Waals surface area contributed by atoms with Crippen LogP contribution in [0.2, 0.25) is 0 Å². The fourth-order valence-corrected chi connectivity index (χ4v) is 3.65. The van der Waals surface area contributed by atoms with Crippen molar-refractivity contribution in [1.29, 1.82) is 0 Å². The first-order valence-corrected chi connectivity index (χ1v) is 10.5. The van der Waals surface area contributed by atoms with E-state index in [2.05, 4.69) is 15.2 Å². The van der Waals surface area contributed by atoms with Crippen LogP contribution in [0.4, 0.5) is 0 Å². The Morgan fingerprint density at radius 3 is 2.50 bits per heavy atom. The minimum atomic E-state index is -0.0778. The third-order valence-electron chi connectivity index (χ3n) is 5.25. The van der Waals surface area contributed by atoms with Crippen molar-refractivity contribution in [3.8, 4) is 34.5 Å². The predicted molar refractivity (Wildman–Crippen MR) is 117 cm³/mol. The largest absolute Gasteiger partial charge is 0.497 e. The predicted octanol–water partition coefficient (Wildman–Crippen LogP) is 4.67. The van der Waals surface area contributed by atoms with Crippen molar-refractivity contribution in [2.24, 2.45) is 0 Å². The van der Waals surface area contributed by atoms with E-state index in [0.717, 1.165) is 28.3 Å². The van der Waals surface area contributed by atoms with Crippen LogP contribution in [-0.2, 0) is 17.9 Å². The molecule has 0 bridgehead atoms. The molecule has 1 atom stereocenters. The van der Waals surface area contributed by atoms with Gasteiger partial charge in [-0.15, -0.1) is 0 Å². The first-order chi connectivity index (χ1) is 15.6. The molecule has 5 rings (SSSR count). The molecule has 164 valence electrons. The van der Waals surface area contributed by atoms with Crippen molar-refractivity contribution < 1.29 is 18.7 Å². The van der Waals surface area contributed by atoms with Crippen molar-refractivity contribution >= 4 is 0 Å². The van der Waals surface area contributed by atoms with E-state index in [1.54, 1.807) is 7.11 Å². The highest BCUT2D eigenvalue weighted by atomic mass is 16.5. The molecule has 0 unspecified atom stereocenters. The Kier molecular flexibility index (Phi) is 5.36. The van der Waals surface area contributed by atoms with Crippen molar-refractivity contribution in [2.75, 3.05) is 7.11 Å². The summed E-state index contributed by atoms with van der Waals surface area (Å²) in [6.07, 6.45) is 0.0452. The second-order valence-electron chi connectivity index (χ2n) is 7.89. The van der Waals surface area contributed by atoms with Crippen LogP contribution >= 0.6 is 0 Å². The smallest absolute Gasteiger partial charge is 0.278 e. The van der Waals surface area contributed by atoms with Gasteiger partial charge >= 0.3 is 0 Å². The van der Waals surface area contributed by atoms with E-state index in [4.69, 9.17) is 18.7 Å². The summed E-state index contributed by atoms with van der Waals surface area (Å²) < 4.78 is 24.4. The fourth-order valence-electron chi connectivity index (χ4n) is 3.65. The standard InChI is InChI=1S/C24H24N4O4/c1-15(2)31-20-10-6-17(7-11-20)23-25-24(32-27-23)21-12-18-14-30-22(13-28(18)26-21)16-4-8-19(29-3)9-5-16/h4-12,15,22H,13-14H2,1-3H3/t22-/m0/s1. The summed E-state index contributed by atoms with van der Waals surface area (Å²) in [7, 11) is 1.66. The van der Waals surface area contributed by atoms with Crippen LogP contribution in [0.15, 0.2) is 59.1 Å². The first kappa shape index (κ1) is 20.3. The van der Waals surface area contributed by atoms with Gasteiger partial charge in [0.25, 0.3) is 5.89 Å². The van der Waals surface area contributed by atoms with Crippen molar-refractivity contribution in [3.63, 3.8) is 0 Å². The topological polar surface area (TPSA) is 84.4 Å². The number of fused-ring (bicyclic) bond motifs is 1. The lowest BCUT2D eigenvalue weighted by Crippen LogP contribution is -2.21. The molecule has 0 amide bonds. The first-order valence-electron chi connectivity index (χ1n) is 10.5. The molecule has 8 nitrogen and oxygen atoms in total. The quantitative estimate of drug-likeness (QED) is 0.438. The molecule has 32 heavy (non-hydrogen) atoms. The molecular weight excluding hydrogens is 408 g/mol. The Balaban J connectivity index is 1.32. The summed E-state index contributed by atoms with van der Waals surface area (Å²) in [5.41, 5.74) is 3.54. The maximum atomic E-state index is 6.05. The Morgan fingerprint density at radius 2 is 1.78 bits per heavy atom. The van der Waals surface area contributed by atoms with Crippen LogP contribution in [0.5, 0.6) is 11.5 Å². The average molecular weight is 432 g/mol. The molecule has 0 saturated heterocycles. The van der Waals surface area contributed by atoms with Crippen LogP contribution in [0.3, 0.4) is 0 Å². The van der Waals surface area contributed by atoms with Gasteiger partial charge in [-0.3, -0.25) is 4.68 Å². The van der Waals surface area contributed by atoms with Crippen LogP contribution in [-0.4, -0.2) is 33.1 Å². The van der Waals surface area contributed by atoms with Gasteiger partial charge in [0.15, 0.2) is 5.69 Å². The molecule has 2 aromatic carbocycles. The van der Waals surface area contributed by atoms with Crippen molar-refractivity contribution in [3.05, 3.63) is 65.9 Å². The normalized spacial score (nSPS) is 15.6. The number of methoxy groups -OCH3 is 1. The third kappa shape index (κ3) is 4.09. The number of hydrogen-bond donors (Lipinski definition) is 0. The van der Waals surface area contributed by atoms with E-state index in [1.807, 2.05) is 73.1 Å². The second-order valence-corrected chi connectivity index (χ2v) is 7.89. The molecule has 8 heteroatoms. The molecular formula is C24H24N4O4. The Labute approximate surface area is 185 Å². The summed E-state index contributed by atoms with van der Waals surface area (Å²) >= 11 is 0. The minimum Gasteiger partial charge on any atom is -0.497 e. The molecule has 1 aliphatic rings. The highest BCUT2D eigenvalue weighted by Gasteiger charge is 2.24. The van der Waals surface area contributed by atoms with Gasteiger partial charge in [0.05, 0.1) is 32.1 Å². The highest BCUT2D eigenvalue weighted by Crippen LogP contribution is 2.30. The SMILES string of the molecule is COc1ccc([C@@H]2Cn3nc(-c4nc(-c5ccc(OC(C)C)cc5)no4)cc3CO2)cc1. The van der Waals surface area contributed by atoms with E-state index >= 15 is 0 Å². The zero-order valence-electron chi connectivity index (χ0n) is 18.2. The van der Waals surface area contributed by atoms with Crippen LogP contribution in [0.1, 0.15) is 31.2 Å². The van der Waals surface area contributed by atoms with E-state index in [1.165, 1.54) is 0 Å². The maximum Gasteiger partial charge on any atom is 0.278 e. The van der Waals surface area contributed by atoms with Gasteiger partial charge in [-0.1, -0.05) is 17.3 Å². The van der Waals surface area contributed by atoms with Crippen molar-refractivity contribution in [2.45, 2.75) is 39.2 Å². The number of ether oxygens (including phenoxy) is 3. The average Bonchev–Trinajstić information content (AvgIpc) is 3.46. The van der Waals surface area contributed by atoms with Gasteiger partial charge in [0, 0.05) is 5.56 Å². The zero-order valence-corrected chi connectivity index (χ0v) is 18.2. The van der Waals surface area contributed by atoms with E-state index < -0.39 is 0 Å². The summed E-state index contributed by atoms with van der Waals surface area (Å²) in [6.45, 7) is 5.06. The molecule has 0 radical (unpaired) electrons. The highest BCUT2D eigenvalue weighted by molar-refractivity contribution is 5.59. The van der Waals surface area contributed by atoms with Crippen LogP contribution < -0.4 is 9.47 Å². The number of rotatable bonds is 6. The van der Waals surface area contributed by atoms with Gasteiger partial charge < -0.3 is 18.7 Å². The zero-order chi connectivity index (χ0) is 22.1. The molecule has 1 aliphatic heterocycles. The Hall–Kier alpha value is -3.65. The summed E-state index contributed by atoms with van der Waals surface area (Å²) in [5, 5.41) is 8.80. The lowest BCUT2D eigenvalue weighted by atomic mass is 10.1. The lowest BCUT2D eigenvalue weighted by Gasteiger charge is -2.24. The molecule has 0 aliphatic carbocycles. The van der Waals surface area contributed by atoms with Gasteiger partial charge in [-0.25, -0.2) is 0 Å². The molecule has 0 fully saturated rings. The minimum absolute atomic E-state index is 0.0778. The number of hydrogen-bond acceptors (Lipinski definition) is 7. The van der Waals surface area contributed by atoms with E-state index in [9.17, 15) is 0 Å². The number of aromatic nitrogens is 4. The van der Waals surface area contributed by atoms with Crippen LogP contribution in [0.25, 0.3) is 23.0 Å². The molecule has 0 saturated carbocycles. The van der Waals surface area contributed by atoms with E-state index in [-0.39, 0.29) is 12.2 Å². The fraction of sp³-hybridized carbons (Fsp3) is 0.292. The van der Waals surface area contributed by atoms with Gasteiger partial charge in [0.2, 0.25) is 5.82 Å². The molecule has 3 heterocycles. The summed E-state index contributed by atoms with van der Waals surface area (Å²) in [5.74, 6) is 2.52. The maximum absolute atomic E-state index is 6.05. The molecule has 0 spiro atoms. The number of benzene rings is 2. The van der Waals surface area contributed by atoms with Crippen molar-refractivity contribution in [1.82, 2.24) is 19.9 Å². The van der Waals surface area contributed by atoms with E-state index in [0.29, 0.717) is 30.6 Å². The molecule has 2 aromatic heterocycles. The lowest BCUT2D eigenvalue weighted by molar-refractivity contribution is -0.00115. The van der Waals surface area contributed by atoms with Gasteiger partial charge in [-0.05, 0) is 61.9 Å². The monoisotopic (exact) mass is 432 g/mol. The van der Waals surface area contributed by atoms with Gasteiger partial charge in [-0.2, -0.15) is 10.1 Å². The Morgan fingerprint density at radius 1 is 1.03 bits per heavy atom. The summed E-state index contributed by atoms with van der Waals surface area (Å²) in [4.78, 5) is 4.53. The molecule has 4 aromatic rings. The third-order valence-corrected chi connectivity index (χ3v) is 5.25. The number of nitrogens with zero attached hydrogens (tertiary/aromatic N) is 4.